The van der Waals surface area contributed by atoms with E-state index in [-0.39, 0.29) is 5.03 Å². The van der Waals surface area contributed by atoms with Gasteiger partial charge in [0.15, 0.2) is 14.9 Å². The number of aryl methyl sites for hydroxylation is 2. The van der Waals surface area contributed by atoms with E-state index in [0.29, 0.717) is 16.3 Å². The molecular formula is C18H22F2N6O2S. The number of alkyl halides is 2. The van der Waals surface area contributed by atoms with Crippen LogP contribution in [0.4, 0.5) is 19.3 Å². The Kier molecular flexibility index (Phi) is 5.11. The molecule has 4 rings (SSSR count). The van der Waals surface area contributed by atoms with Gasteiger partial charge in [0.2, 0.25) is 0 Å². The van der Waals surface area contributed by atoms with E-state index in [1.54, 1.807) is 0 Å². The molecule has 0 aliphatic heterocycles. The Bertz CT molecular complexity index is 1090. The fourth-order valence-electron chi connectivity index (χ4n) is 3.76. The summed E-state index contributed by atoms with van der Waals surface area (Å²) in [5.41, 5.74) is 4.67. The molecule has 8 nitrogen and oxygen atoms in total. The molecule has 2 amide bonds. The molecule has 3 N–H and O–H groups in total. The van der Waals surface area contributed by atoms with E-state index >= 15 is 0 Å². The molecule has 11 heteroatoms. The van der Waals surface area contributed by atoms with Crippen LogP contribution in [0.15, 0.2) is 21.7 Å². The second kappa shape index (κ2) is 7.45. The Labute approximate surface area is 167 Å². The number of hydrogen-bond acceptors (Lipinski definition) is 4. The third-order valence-corrected chi connectivity index (χ3v) is 6.45. The molecule has 1 fully saturated rings. The lowest BCUT2D eigenvalue weighted by molar-refractivity contribution is 0.0554. The quantitative estimate of drug-likeness (QED) is 0.764. The van der Waals surface area contributed by atoms with Crippen LogP contribution in [-0.2, 0) is 29.2 Å². The van der Waals surface area contributed by atoms with Crippen LogP contribution in [0.25, 0.3) is 0 Å². The van der Waals surface area contributed by atoms with Gasteiger partial charge in [0.25, 0.3) is 0 Å². The van der Waals surface area contributed by atoms with Crippen molar-refractivity contribution < 1.29 is 17.8 Å². The molecule has 1 unspecified atom stereocenters. The van der Waals surface area contributed by atoms with Gasteiger partial charge in [-0.05, 0) is 56.1 Å². The SMILES string of the molecule is CCc1nc2c(c(NC(=O)N=S(N)(=O)c3ccn(C(F)F)n3)c1C1CC1)CCC2. The highest BCUT2D eigenvalue weighted by molar-refractivity contribution is 7.91. The Balaban J connectivity index is 1.69. The average Bonchev–Trinajstić information content (AvgIpc) is 3.17. The molecule has 0 aromatic carbocycles. The summed E-state index contributed by atoms with van der Waals surface area (Å²) >= 11 is 0. The minimum absolute atomic E-state index is 0.309. The Morgan fingerprint density at radius 3 is 2.83 bits per heavy atom. The second-order valence-corrected chi connectivity index (χ2v) is 8.99. The number of amides is 2. The third kappa shape index (κ3) is 3.88. The highest BCUT2D eigenvalue weighted by atomic mass is 32.2. The van der Waals surface area contributed by atoms with E-state index in [2.05, 4.69) is 14.8 Å². The third-order valence-electron chi connectivity index (χ3n) is 5.20. The topological polar surface area (TPSA) is 115 Å². The summed E-state index contributed by atoms with van der Waals surface area (Å²) in [6.07, 6.45) is 6.37. The minimum atomic E-state index is -3.76. The molecule has 2 heterocycles. The number of carbonyl (C=O) groups excluding carboxylic acids is 1. The van der Waals surface area contributed by atoms with Crippen LogP contribution >= 0.6 is 0 Å². The van der Waals surface area contributed by atoms with Gasteiger partial charge in [0.05, 0.1) is 5.69 Å². The van der Waals surface area contributed by atoms with Gasteiger partial charge in [-0.3, -0.25) is 4.98 Å². The fourth-order valence-corrected chi connectivity index (χ4v) is 4.61. The molecule has 29 heavy (non-hydrogen) atoms. The monoisotopic (exact) mass is 424 g/mol. The molecule has 2 aliphatic rings. The number of rotatable bonds is 5. The predicted octanol–water partition coefficient (Wildman–Crippen LogP) is 3.53. The summed E-state index contributed by atoms with van der Waals surface area (Å²) in [5, 5.41) is 11.5. The molecule has 0 bridgehead atoms. The zero-order valence-electron chi connectivity index (χ0n) is 15.9. The van der Waals surface area contributed by atoms with Crippen molar-refractivity contribution in [1.82, 2.24) is 14.8 Å². The summed E-state index contributed by atoms with van der Waals surface area (Å²) in [7, 11) is -3.76. The van der Waals surface area contributed by atoms with E-state index in [1.807, 2.05) is 6.92 Å². The van der Waals surface area contributed by atoms with Crippen molar-refractivity contribution in [1.29, 1.82) is 0 Å². The average molecular weight is 424 g/mol. The molecule has 0 spiro atoms. The molecule has 1 atom stereocenters. The second-order valence-electron chi connectivity index (χ2n) is 7.26. The summed E-state index contributed by atoms with van der Waals surface area (Å²) in [5.74, 6) is 0.350. The van der Waals surface area contributed by atoms with E-state index in [4.69, 9.17) is 10.1 Å². The zero-order valence-corrected chi connectivity index (χ0v) is 16.7. The largest absolute Gasteiger partial charge is 0.354 e. The Hall–Kier alpha value is -2.40. The molecule has 2 aliphatic carbocycles. The molecule has 1 saturated carbocycles. The smallest absolute Gasteiger partial charge is 0.305 e. The maximum atomic E-state index is 12.7. The fraction of sp³-hybridized carbons (Fsp3) is 0.500. The van der Waals surface area contributed by atoms with Crippen LogP contribution in [0.2, 0.25) is 0 Å². The molecule has 2 aromatic heterocycles. The van der Waals surface area contributed by atoms with Gasteiger partial charge < -0.3 is 5.32 Å². The van der Waals surface area contributed by atoms with Crippen molar-refractivity contribution in [2.75, 3.05) is 5.32 Å². The van der Waals surface area contributed by atoms with Crippen LogP contribution < -0.4 is 10.5 Å². The first-order valence-electron chi connectivity index (χ1n) is 9.54. The number of halogens is 2. The predicted molar refractivity (Wildman–Crippen MR) is 103 cm³/mol. The van der Waals surface area contributed by atoms with Gasteiger partial charge in [0.1, 0.15) is 0 Å². The number of nitrogens with zero attached hydrogens (tertiary/aromatic N) is 4. The highest BCUT2D eigenvalue weighted by Crippen LogP contribution is 2.47. The minimum Gasteiger partial charge on any atom is -0.305 e. The molecular weight excluding hydrogens is 402 g/mol. The summed E-state index contributed by atoms with van der Waals surface area (Å²) in [6.45, 7) is -0.877. The van der Waals surface area contributed by atoms with Crippen LogP contribution in [0.3, 0.4) is 0 Å². The van der Waals surface area contributed by atoms with E-state index in [0.717, 1.165) is 73.3 Å². The lowest BCUT2D eigenvalue weighted by Crippen LogP contribution is -2.20. The van der Waals surface area contributed by atoms with Gasteiger partial charge in [-0.15, -0.1) is 4.36 Å². The molecule has 0 radical (unpaired) electrons. The molecule has 0 saturated heterocycles. The number of fused-ring (bicyclic) bond motifs is 1. The lowest BCUT2D eigenvalue weighted by atomic mass is 9.99. The summed E-state index contributed by atoms with van der Waals surface area (Å²) in [4.78, 5) is 17.4. The van der Waals surface area contributed by atoms with Crippen LogP contribution in [0.1, 0.15) is 61.2 Å². The number of nitrogens with two attached hydrogens (primary N) is 1. The summed E-state index contributed by atoms with van der Waals surface area (Å²) in [6, 6.07) is 0.189. The van der Waals surface area contributed by atoms with E-state index in [1.165, 1.54) is 0 Å². The Morgan fingerprint density at radius 2 is 2.21 bits per heavy atom. The van der Waals surface area contributed by atoms with E-state index in [9.17, 15) is 17.8 Å². The number of aromatic nitrogens is 3. The van der Waals surface area contributed by atoms with Crippen LogP contribution in [0.5, 0.6) is 0 Å². The first kappa shape index (κ1) is 19.9. The number of pyridine rings is 1. The Morgan fingerprint density at radius 1 is 1.45 bits per heavy atom. The number of hydrogen-bond donors (Lipinski definition) is 2. The zero-order chi connectivity index (χ0) is 20.8. The van der Waals surface area contributed by atoms with Crippen molar-refractivity contribution in [3.8, 4) is 0 Å². The van der Waals surface area contributed by atoms with E-state index < -0.39 is 22.5 Å². The number of carbonyl (C=O) groups is 1. The summed E-state index contributed by atoms with van der Waals surface area (Å²) < 4.78 is 41.9. The van der Waals surface area contributed by atoms with Crippen molar-refractivity contribution in [2.24, 2.45) is 9.50 Å². The standard InChI is InChI=1S/C18H22F2N6O2S/c1-2-12-15(10-6-7-10)16(11-4-3-5-13(11)22-12)23-18(27)25-29(21,28)14-8-9-26(24-14)17(19)20/h8-10,17H,2-7H2,1H3,(H3,21,22,23,25,27,28). The van der Waals surface area contributed by atoms with Crippen LogP contribution in [-0.4, -0.2) is 25.0 Å². The number of nitrogens with one attached hydrogen (secondary N) is 1. The van der Waals surface area contributed by atoms with Crippen molar-refractivity contribution in [3.63, 3.8) is 0 Å². The van der Waals surface area contributed by atoms with Gasteiger partial charge in [-0.1, -0.05) is 6.92 Å². The first-order chi connectivity index (χ1) is 13.8. The normalized spacial score (nSPS) is 17.8. The van der Waals surface area contributed by atoms with Crippen LogP contribution in [0, 0.1) is 0 Å². The van der Waals surface area contributed by atoms with Gasteiger partial charge in [-0.2, -0.15) is 13.9 Å². The van der Waals surface area contributed by atoms with Gasteiger partial charge >= 0.3 is 12.6 Å². The van der Waals surface area contributed by atoms with Gasteiger partial charge in [-0.25, -0.2) is 18.8 Å². The number of anilines is 1. The lowest BCUT2D eigenvalue weighted by Gasteiger charge is -2.17. The molecule has 156 valence electrons. The first-order valence-corrected chi connectivity index (χ1v) is 11.1. The van der Waals surface area contributed by atoms with Crippen molar-refractivity contribution >= 4 is 21.6 Å². The maximum absolute atomic E-state index is 12.7. The number of urea groups is 1. The van der Waals surface area contributed by atoms with Crippen molar-refractivity contribution in [2.45, 2.75) is 62.9 Å². The highest BCUT2D eigenvalue weighted by Gasteiger charge is 2.33. The van der Waals surface area contributed by atoms with Gasteiger partial charge in [0, 0.05) is 23.1 Å². The van der Waals surface area contributed by atoms with Crippen molar-refractivity contribution in [3.05, 3.63) is 34.8 Å². The molecule has 2 aromatic rings. The maximum Gasteiger partial charge on any atom is 0.354 e.